The van der Waals surface area contributed by atoms with Crippen molar-refractivity contribution in [3.63, 3.8) is 0 Å². The molecule has 7 rings (SSSR count). The fraction of sp³-hybridized carbons (Fsp3) is 0.456. The number of hydroxylamine groups is 8. The van der Waals surface area contributed by atoms with Gasteiger partial charge >= 0.3 is 23.9 Å². The number of benzene rings is 1. The summed E-state index contributed by atoms with van der Waals surface area (Å²) in [6.07, 6.45) is 5.00. The predicted molar refractivity (Wildman–Crippen MR) is 328 cm³/mol. The number of ether oxygens (including phenoxy) is 2. The van der Waals surface area contributed by atoms with E-state index in [1.165, 1.54) is 45.9 Å². The Morgan fingerprint density at radius 2 is 0.914 bits per heavy atom. The smallest absolute Gasteiger partial charge is 0.363 e. The Morgan fingerprint density at radius 3 is 1.34 bits per heavy atom. The molecular formula is C57H69N11O21S4-2. The first-order valence-electron chi connectivity index (χ1n) is 28.5. The number of rotatable bonds is 26. The van der Waals surface area contributed by atoms with Crippen LogP contribution in [0.5, 0.6) is 0 Å². The van der Waals surface area contributed by atoms with Gasteiger partial charge in [-0.05, 0) is 83.0 Å². The summed E-state index contributed by atoms with van der Waals surface area (Å²) >= 11 is 0. The highest BCUT2D eigenvalue weighted by atomic mass is 33.1. The summed E-state index contributed by atoms with van der Waals surface area (Å²) in [6, 6.07) is 17.1. The molecule has 4 saturated heterocycles. The lowest BCUT2D eigenvalue weighted by Crippen LogP contribution is -2.37. The molecule has 4 fully saturated rings. The van der Waals surface area contributed by atoms with E-state index in [1.54, 1.807) is 75.5 Å². The van der Waals surface area contributed by atoms with Gasteiger partial charge in [-0.25, -0.2) is 29.1 Å². The molecule has 9 amide bonds. The normalized spacial score (nSPS) is 14.9. The number of aromatic nitrogens is 2. The van der Waals surface area contributed by atoms with E-state index >= 15 is 0 Å². The molecule has 32 nitrogen and oxygen atoms in total. The van der Waals surface area contributed by atoms with Crippen LogP contribution in [0, 0.1) is 0 Å². The van der Waals surface area contributed by atoms with Crippen molar-refractivity contribution in [2.75, 3.05) is 30.0 Å². The summed E-state index contributed by atoms with van der Waals surface area (Å²) < 4.78 is 9.85. The van der Waals surface area contributed by atoms with Crippen LogP contribution >= 0.6 is 43.2 Å². The number of anilines is 1. The molecule has 3 N–H and O–H groups in total. The number of unbranched alkanes of at least 4 members (excludes halogenated alkanes) is 2. The molecule has 2 aromatic heterocycles. The van der Waals surface area contributed by atoms with Crippen molar-refractivity contribution in [2.45, 2.75) is 153 Å². The third kappa shape index (κ3) is 30.8. The Hall–Kier alpha value is -9.03. The van der Waals surface area contributed by atoms with Crippen molar-refractivity contribution in [2.24, 2.45) is 10.2 Å². The molecule has 0 unspecified atom stereocenters. The molecule has 0 radical (unpaired) electrons. The van der Waals surface area contributed by atoms with E-state index in [0.717, 1.165) is 22.9 Å². The lowest BCUT2D eigenvalue weighted by atomic mass is 10.2. The van der Waals surface area contributed by atoms with Crippen LogP contribution in [0.2, 0.25) is 0 Å². The van der Waals surface area contributed by atoms with E-state index < -0.39 is 101 Å². The molecule has 93 heavy (non-hydrogen) atoms. The van der Waals surface area contributed by atoms with Crippen LogP contribution < -0.4 is 26.4 Å². The second-order valence-corrected chi connectivity index (χ2v) is 26.0. The van der Waals surface area contributed by atoms with E-state index in [4.69, 9.17) is 24.0 Å². The summed E-state index contributed by atoms with van der Waals surface area (Å²) in [5, 5.41) is 36.1. The van der Waals surface area contributed by atoms with Crippen LogP contribution in [0.1, 0.15) is 142 Å². The quantitative estimate of drug-likeness (QED) is 0.0257. The van der Waals surface area contributed by atoms with Gasteiger partial charge in [0.1, 0.15) is 16.6 Å². The average molecular weight is 1370 g/mol. The maximum Gasteiger partial charge on any atom is 0.363 e. The fourth-order valence-corrected chi connectivity index (χ4v) is 10.6. The number of carbonyl (C=O) groups is 13. The molecule has 0 bridgehead atoms. The number of imide groups is 4. The van der Waals surface area contributed by atoms with Crippen molar-refractivity contribution < 1.29 is 101 Å². The van der Waals surface area contributed by atoms with Gasteiger partial charge in [-0.1, -0.05) is 81.7 Å². The summed E-state index contributed by atoms with van der Waals surface area (Å²) in [4.78, 5) is 176. The molecular weight excluding hydrogens is 1300 g/mol. The lowest BCUT2D eigenvalue weighted by Gasteiger charge is -2.29. The molecule has 6 heterocycles. The standard InChI is InChI=1S/C18H23N3O5S2.C16H19N3O6.C12H12N2O4S2.C11H17N3O6/c22-14(10-13-27-28-15-6-3-5-12-20-15)19-11-4-1-2-7-18(25)26-21-16(23)8-9-17(21)24;1-16(2,3)24-15(23)18-17-11-6-4-10(5-7-11)14(22)25-19-12(20)8-9-13(19)21;15-10-4-5-11(16)14(10)18-12(17)6-8-19-20-9-3-1-2-7-13-9;1-11(2,3)19-10(18)13-12-6-9(17)20-14-7(15)4-5-8(14)16/h3,5-6,12H,1-2,4,7-11,13H2,(H,19,22);4-7,17H,8-9H2,1-3H3,(H,18,23);1-3,7H,4-6,8H2;12H,4-6H2,1-3H3,(H,13,18)/p-2. The monoisotopic (exact) mass is 1370 g/mol. The number of nitrogens with one attached hydrogen (secondary N) is 3. The Labute approximate surface area is 549 Å². The maximum atomic E-state index is 11.9. The molecule has 504 valence electrons. The number of hydrogen-bond acceptors (Lipinski definition) is 31. The number of hydrazone groups is 2. The average Bonchev–Trinajstić information content (AvgIpc) is 2.01. The summed E-state index contributed by atoms with van der Waals surface area (Å²) in [5.41, 5.74) is 3.86. The Balaban J connectivity index is 0.000000267. The molecule has 4 aliphatic heterocycles. The van der Waals surface area contributed by atoms with Crippen LogP contribution in [-0.2, 0) is 86.4 Å². The second kappa shape index (κ2) is 39.4. The van der Waals surface area contributed by atoms with Gasteiger partial charge in [-0.15, -0.1) is 20.3 Å². The lowest BCUT2D eigenvalue weighted by molar-refractivity contribution is -0.261. The zero-order valence-electron chi connectivity index (χ0n) is 51.4. The van der Waals surface area contributed by atoms with E-state index in [-0.39, 0.29) is 75.7 Å². The first kappa shape index (κ1) is 76.4. The molecule has 0 aliphatic carbocycles. The van der Waals surface area contributed by atoms with Crippen molar-refractivity contribution in [1.29, 1.82) is 0 Å². The second-order valence-electron chi connectivity index (χ2n) is 21.1. The fourth-order valence-electron chi connectivity index (χ4n) is 6.87. The van der Waals surface area contributed by atoms with Gasteiger partial charge in [0.25, 0.3) is 47.3 Å². The minimum absolute atomic E-state index is 0.000381. The van der Waals surface area contributed by atoms with Crippen molar-refractivity contribution in [1.82, 2.24) is 41.0 Å². The predicted octanol–water partition coefficient (Wildman–Crippen LogP) is 3.71. The summed E-state index contributed by atoms with van der Waals surface area (Å²) in [7, 11) is 6.05. The van der Waals surface area contributed by atoms with E-state index in [0.29, 0.717) is 56.8 Å². The van der Waals surface area contributed by atoms with Gasteiger partial charge in [-0.2, -0.15) is 10.2 Å². The van der Waals surface area contributed by atoms with E-state index in [9.17, 15) is 72.5 Å². The number of amides is 9. The van der Waals surface area contributed by atoms with Gasteiger partial charge < -0.3 is 44.4 Å². The Kier molecular flexibility index (Phi) is 32.4. The first-order chi connectivity index (χ1) is 44.1. The van der Waals surface area contributed by atoms with Gasteiger partial charge in [-0.3, -0.25) is 54.0 Å². The molecule has 0 spiro atoms. The van der Waals surface area contributed by atoms with Crippen LogP contribution in [0.15, 0.2) is 93.3 Å². The molecule has 0 atom stereocenters. The number of nitrogens with zero attached hydrogens (tertiary/aromatic N) is 8. The SMILES string of the molecule is CC(C)(C)OC([O-])=NNCC(=O)ON1C(=O)CCC1=O.CC(C)(C)OC([O-])=NNc1ccc(C(=O)ON2C(=O)CCC2=O)cc1.O=C(CCSSc1ccccn1)NCCCCCC(=O)ON1C(=O)CCC1=O.O=C(CCSSc1ccccn1)ON1C(=O)CCC1=O. The molecule has 1 aromatic carbocycles. The third-order valence-corrected chi connectivity index (χ3v) is 15.6. The Morgan fingerprint density at radius 1 is 0.505 bits per heavy atom. The van der Waals surface area contributed by atoms with E-state index in [1.807, 2.05) is 36.4 Å². The topological polar surface area (TPSA) is 423 Å². The molecule has 3 aromatic rings. The summed E-state index contributed by atoms with van der Waals surface area (Å²) in [5.74, 6) is -5.82. The van der Waals surface area contributed by atoms with Crippen molar-refractivity contribution >= 4 is 138 Å². The summed E-state index contributed by atoms with van der Waals surface area (Å²) in [6.45, 7) is 10.2. The van der Waals surface area contributed by atoms with Crippen molar-refractivity contribution in [3.05, 3.63) is 78.6 Å². The zero-order chi connectivity index (χ0) is 68.5. The number of hydrogen-bond donors (Lipinski definition) is 3. The highest BCUT2D eigenvalue weighted by molar-refractivity contribution is 8.77. The highest BCUT2D eigenvalue weighted by Crippen LogP contribution is 2.30. The van der Waals surface area contributed by atoms with E-state index in [2.05, 4.69) is 41.2 Å². The first-order valence-corrected chi connectivity index (χ1v) is 33.1. The molecule has 36 heteroatoms. The molecule has 0 saturated carbocycles. The van der Waals surface area contributed by atoms with Gasteiger partial charge in [0.2, 0.25) is 5.91 Å². The van der Waals surface area contributed by atoms with Crippen LogP contribution in [-0.4, -0.2) is 155 Å². The maximum absolute atomic E-state index is 11.9. The van der Waals surface area contributed by atoms with Gasteiger partial charge in [0, 0.05) is 106 Å². The van der Waals surface area contributed by atoms with Crippen LogP contribution in [0.25, 0.3) is 0 Å². The van der Waals surface area contributed by atoms with Crippen LogP contribution in [0.3, 0.4) is 0 Å². The van der Waals surface area contributed by atoms with Gasteiger partial charge in [0.05, 0.1) is 17.7 Å². The highest BCUT2D eigenvalue weighted by Gasteiger charge is 2.36. The largest absolute Gasteiger partial charge is 0.593 e. The van der Waals surface area contributed by atoms with Crippen molar-refractivity contribution in [3.8, 4) is 0 Å². The minimum atomic E-state index is -0.916. The van der Waals surface area contributed by atoms with Gasteiger partial charge in [0.15, 0.2) is 12.2 Å². The molecule has 4 aliphatic rings. The number of carbonyl (C=O) groups excluding carboxylic acids is 13. The van der Waals surface area contributed by atoms with Crippen LogP contribution in [0.4, 0.5) is 5.69 Å². The zero-order valence-corrected chi connectivity index (χ0v) is 54.7. The number of pyridine rings is 2. The Bertz CT molecular complexity index is 3110. The minimum Gasteiger partial charge on any atom is -0.593 e. The third-order valence-electron chi connectivity index (χ3n) is 11.1.